The second-order valence-electron chi connectivity index (χ2n) is 6.42. The third-order valence-corrected chi connectivity index (χ3v) is 6.10. The molecule has 7 heteroatoms. The first kappa shape index (κ1) is 18.1. The first-order valence-corrected chi connectivity index (χ1v) is 9.45. The molecule has 0 bridgehead atoms. The van der Waals surface area contributed by atoms with Crippen molar-refractivity contribution in [1.82, 2.24) is 14.5 Å². The number of piperidine rings is 1. The van der Waals surface area contributed by atoms with Crippen LogP contribution in [-0.2, 0) is 4.79 Å². The van der Waals surface area contributed by atoms with E-state index >= 15 is 0 Å². The second kappa shape index (κ2) is 7.25. The molecule has 25 heavy (non-hydrogen) atoms. The minimum Gasteiger partial charge on any atom is -0.303 e. The number of aldehydes is 1. The van der Waals surface area contributed by atoms with Crippen molar-refractivity contribution in [2.45, 2.75) is 30.6 Å². The zero-order valence-corrected chi connectivity index (χ0v) is 15.1. The van der Waals surface area contributed by atoms with E-state index in [0.29, 0.717) is 5.69 Å². The molecule has 0 N–H and O–H groups in total. The fraction of sp³-hybridized carbons (Fsp3) is 0.444. The largest absolute Gasteiger partial charge is 0.303 e. The molecule has 0 amide bonds. The highest BCUT2D eigenvalue weighted by atomic mass is 32.2. The van der Waals surface area contributed by atoms with Gasteiger partial charge in [-0.15, -0.1) is 11.8 Å². The molecule has 4 nitrogen and oxygen atoms in total. The third kappa shape index (κ3) is 3.62. The van der Waals surface area contributed by atoms with E-state index in [4.69, 9.17) is 0 Å². The lowest BCUT2D eigenvalue weighted by Crippen LogP contribution is -2.48. The molecule has 1 aromatic heterocycles. The Kier molecular flexibility index (Phi) is 5.24. The van der Waals surface area contributed by atoms with Crippen LogP contribution in [0.4, 0.5) is 8.78 Å². The summed E-state index contributed by atoms with van der Waals surface area (Å²) in [4.78, 5) is 17.5. The topological polar surface area (TPSA) is 38.1 Å². The first-order chi connectivity index (χ1) is 12.0. The highest BCUT2D eigenvalue weighted by Crippen LogP contribution is 2.34. The number of carbonyl (C=O) groups excluding carboxylic acids is 1. The molecule has 0 aliphatic carbocycles. The lowest BCUT2D eigenvalue weighted by atomic mass is 9.95. The maximum atomic E-state index is 13.5. The molecule has 3 rings (SSSR count). The lowest BCUT2D eigenvalue weighted by Gasteiger charge is -2.40. The number of aromatic nitrogens is 2. The summed E-state index contributed by atoms with van der Waals surface area (Å²) in [5, 5.41) is 0. The number of imidazole rings is 1. The van der Waals surface area contributed by atoms with E-state index in [0.717, 1.165) is 44.1 Å². The van der Waals surface area contributed by atoms with Crippen molar-refractivity contribution < 1.29 is 13.6 Å². The monoisotopic (exact) mass is 365 g/mol. The van der Waals surface area contributed by atoms with Crippen LogP contribution in [0.5, 0.6) is 0 Å². The molecule has 0 radical (unpaired) electrons. The molecule has 1 saturated heterocycles. The number of carbonyl (C=O) groups is 1. The molecular weight excluding hydrogens is 344 g/mol. The predicted octanol–water partition coefficient (Wildman–Crippen LogP) is 3.61. The Bertz CT molecular complexity index is 738. The zero-order valence-electron chi connectivity index (χ0n) is 14.3. The molecular formula is C18H21F2N3OS. The number of rotatable bonds is 5. The molecule has 0 saturated carbocycles. The fourth-order valence-corrected chi connectivity index (χ4v) is 3.88. The van der Waals surface area contributed by atoms with Crippen LogP contribution < -0.4 is 0 Å². The van der Waals surface area contributed by atoms with Gasteiger partial charge in [-0.2, -0.15) is 0 Å². The molecule has 1 aliphatic rings. The normalized spacial score (nSPS) is 18.9. The first-order valence-electron chi connectivity index (χ1n) is 8.23. The average molecular weight is 365 g/mol. The van der Waals surface area contributed by atoms with Gasteiger partial charge in [0.05, 0.1) is 5.69 Å². The zero-order chi connectivity index (χ0) is 18.0. The molecule has 1 unspecified atom stereocenters. The molecule has 134 valence electrons. The molecule has 1 aliphatic heterocycles. The Balaban J connectivity index is 1.79. The van der Waals surface area contributed by atoms with Gasteiger partial charge in [0, 0.05) is 37.5 Å². The highest BCUT2D eigenvalue weighted by Gasteiger charge is 2.35. The van der Waals surface area contributed by atoms with E-state index < -0.39 is 16.5 Å². The summed E-state index contributed by atoms with van der Waals surface area (Å²) in [7, 11) is 0. The van der Waals surface area contributed by atoms with Crippen LogP contribution in [0.15, 0.2) is 30.6 Å². The quantitative estimate of drug-likeness (QED) is 0.759. The number of benzene rings is 1. The fourth-order valence-electron chi connectivity index (χ4n) is 3.35. The van der Waals surface area contributed by atoms with Crippen molar-refractivity contribution in [2.24, 2.45) is 0 Å². The van der Waals surface area contributed by atoms with Gasteiger partial charge in [0.25, 0.3) is 0 Å². The van der Waals surface area contributed by atoms with E-state index in [2.05, 4.69) is 9.88 Å². The lowest BCUT2D eigenvalue weighted by molar-refractivity contribution is -0.113. The van der Waals surface area contributed by atoms with Crippen molar-refractivity contribution in [3.05, 3.63) is 48.1 Å². The summed E-state index contributed by atoms with van der Waals surface area (Å²) >= 11 is 1.53. The number of halogens is 2. The Hall–Kier alpha value is -1.73. The molecule has 2 aromatic rings. The second-order valence-corrected chi connectivity index (χ2v) is 7.66. The van der Waals surface area contributed by atoms with Gasteiger partial charge in [0.1, 0.15) is 28.6 Å². The van der Waals surface area contributed by atoms with Crippen LogP contribution in [0.25, 0.3) is 5.69 Å². The molecule has 2 heterocycles. The predicted molar refractivity (Wildman–Crippen MR) is 95.0 cm³/mol. The van der Waals surface area contributed by atoms with Gasteiger partial charge in [-0.25, -0.2) is 13.8 Å². The van der Waals surface area contributed by atoms with Crippen LogP contribution in [-0.4, -0.2) is 45.0 Å². The van der Waals surface area contributed by atoms with E-state index in [1.54, 1.807) is 17.0 Å². The van der Waals surface area contributed by atoms with Crippen molar-refractivity contribution in [3.8, 4) is 5.69 Å². The van der Waals surface area contributed by atoms with Crippen LogP contribution in [0.2, 0.25) is 0 Å². The van der Waals surface area contributed by atoms with Crippen molar-refractivity contribution in [1.29, 1.82) is 0 Å². The van der Waals surface area contributed by atoms with Crippen LogP contribution in [0.3, 0.4) is 0 Å². The van der Waals surface area contributed by atoms with Gasteiger partial charge in [-0.05, 0) is 38.2 Å². The van der Waals surface area contributed by atoms with Crippen molar-refractivity contribution >= 4 is 18.0 Å². The highest BCUT2D eigenvalue weighted by molar-refractivity contribution is 8.00. The summed E-state index contributed by atoms with van der Waals surface area (Å²) in [5.74, 6) is -0.214. The van der Waals surface area contributed by atoms with Crippen LogP contribution in [0.1, 0.15) is 31.5 Å². The maximum absolute atomic E-state index is 13.5. The van der Waals surface area contributed by atoms with Gasteiger partial charge >= 0.3 is 0 Å². The number of nitrogens with zero attached hydrogens (tertiary/aromatic N) is 3. The summed E-state index contributed by atoms with van der Waals surface area (Å²) in [5.41, 5.74) is 0.439. The SMILES string of the molecule is CSC(C)(C=O)N1CCC(c2nccn2-c2cc(F)cc(F)c2)CC1. The smallest absolute Gasteiger partial charge is 0.150 e. The minimum atomic E-state index is -0.605. The van der Waals surface area contributed by atoms with E-state index in [1.807, 2.05) is 13.2 Å². The van der Waals surface area contributed by atoms with Gasteiger partial charge < -0.3 is 9.36 Å². The summed E-state index contributed by atoms with van der Waals surface area (Å²) in [6.45, 7) is 3.50. The molecule has 1 aromatic carbocycles. The Morgan fingerprint density at radius 3 is 2.44 bits per heavy atom. The Morgan fingerprint density at radius 2 is 1.88 bits per heavy atom. The number of hydrogen-bond acceptors (Lipinski definition) is 4. The summed E-state index contributed by atoms with van der Waals surface area (Å²) < 4.78 is 28.8. The van der Waals surface area contributed by atoms with E-state index in [9.17, 15) is 13.6 Å². The number of hydrogen-bond donors (Lipinski definition) is 0. The minimum absolute atomic E-state index is 0.190. The van der Waals surface area contributed by atoms with Crippen molar-refractivity contribution in [2.75, 3.05) is 19.3 Å². The maximum Gasteiger partial charge on any atom is 0.150 e. The van der Waals surface area contributed by atoms with Gasteiger partial charge in [0.15, 0.2) is 0 Å². The van der Waals surface area contributed by atoms with Crippen LogP contribution >= 0.6 is 11.8 Å². The number of likely N-dealkylation sites (tertiary alicyclic amines) is 1. The molecule has 0 spiro atoms. The molecule has 1 fully saturated rings. The van der Waals surface area contributed by atoms with E-state index in [1.165, 1.54) is 23.9 Å². The summed E-state index contributed by atoms with van der Waals surface area (Å²) in [6, 6.07) is 3.47. The standard InChI is InChI=1S/C18H21F2N3OS/c1-18(12-24,25-2)22-6-3-13(4-7-22)17-21-5-8-23(17)16-10-14(19)9-15(20)11-16/h5,8-13H,3-4,6-7H2,1-2H3. The van der Waals surface area contributed by atoms with Gasteiger partial charge in [-0.1, -0.05) is 0 Å². The average Bonchev–Trinajstić information content (AvgIpc) is 3.10. The number of thioether (sulfide) groups is 1. The Morgan fingerprint density at radius 1 is 1.24 bits per heavy atom. The summed E-state index contributed by atoms with van der Waals surface area (Å²) in [6.07, 6.45) is 8.01. The van der Waals surface area contributed by atoms with Gasteiger partial charge in [-0.3, -0.25) is 4.90 Å². The molecule has 1 atom stereocenters. The van der Waals surface area contributed by atoms with E-state index in [-0.39, 0.29) is 5.92 Å². The van der Waals surface area contributed by atoms with Crippen molar-refractivity contribution in [3.63, 3.8) is 0 Å². The third-order valence-electron chi connectivity index (χ3n) is 4.91. The Labute approximate surface area is 150 Å². The van der Waals surface area contributed by atoms with Crippen LogP contribution in [0, 0.1) is 11.6 Å². The van der Waals surface area contributed by atoms with Gasteiger partial charge in [0.2, 0.25) is 0 Å².